The fourth-order valence-corrected chi connectivity index (χ4v) is 3.34. The lowest BCUT2D eigenvalue weighted by Gasteiger charge is -2.11. The predicted octanol–water partition coefficient (Wildman–Crippen LogP) is 4.43. The number of carbonyl (C=O) groups is 1. The highest BCUT2D eigenvalue weighted by Gasteiger charge is 2.14. The third-order valence-electron chi connectivity index (χ3n) is 2.54. The highest BCUT2D eigenvalue weighted by Crippen LogP contribution is 2.28. The maximum absolute atomic E-state index is 11.3. The van der Waals surface area contributed by atoms with E-state index in [9.17, 15) is 9.90 Å². The minimum Gasteiger partial charge on any atom is -0.478 e. The molecular weight excluding hydrogens is 302 g/mol. The SMILES string of the molecule is CSc1cccc(NCc2ccc(Cl)s2)c1C(=O)O. The van der Waals surface area contributed by atoms with Crippen LogP contribution in [0.3, 0.4) is 0 Å². The summed E-state index contributed by atoms with van der Waals surface area (Å²) in [6, 6.07) is 9.19. The Bertz CT molecular complexity index is 598. The van der Waals surface area contributed by atoms with Crippen molar-refractivity contribution in [3.63, 3.8) is 0 Å². The van der Waals surface area contributed by atoms with Crippen molar-refractivity contribution < 1.29 is 9.90 Å². The number of rotatable bonds is 5. The fraction of sp³-hybridized carbons (Fsp3) is 0.154. The van der Waals surface area contributed by atoms with Gasteiger partial charge in [0.15, 0.2) is 0 Å². The van der Waals surface area contributed by atoms with Gasteiger partial charge in [0.05, 0.1) is 15.6 Å². The Kier molecular flexibility index (Phi) is 4.74. The van der Waals surface area contributed by atoms with Crippen LogP contribution in [0, 0.1) is 0 Å². The third kappa shape index (κ3) is 3.43. The largest absolute Gasteiger partial charge is 0.478 e. The number of nitrogens with one attached hydrogen (secondary N) is 1. The van der Waals surface area contributed by atoms with Gasteiger partial charge in [0.2, 0.25) is 0 Å². The van der Waals surface area contributed by atoms with Crippen molar-refractivity contribution in [2.75, 3.05) is 11.6 Å². The molecule has 0 atom stereocenters. The van der Waals surface area contributed by atoms with Gasteiger partial charge < -0.3 is 10.4 Å². The standard InChI is InChI=1S/C13H12ClNO2S2/c1-18-10-4-2-3-9(12(10)13(16)17)15-7-8-5-6-11(14)19-8/h2-6,15H,7H2,1H3,(H,16,17). The molecule has 0 aliphatic heterocycles. The number of thiophene rings is 1. The Morgan fingerprint density at radius 3 is 2.79 bits per heavy atom. The molecule has 0 unspecified atom stereocenters. The van der Waals surface area contributed by atoms with Crippen molar-refractivity contribution in [3.8, 4) is 0 Å². The first kappa shape index (κ1) is 14.2. The van der Waals surface area contributed by atoms with Crippen LogP contribution in [0.15, 0.2) is 35.2 Å². The highest BCUT2D eigenvalue weighted by atomic mass is 35.5. The number of anilines is 1. The van der Waals surface area contributed by atoms with Gasteiger partial charge in [-0.3, -0.25) is 0 Å². The molecule has 0 saturated carbocycles. The molecule has 1 aromatic heterocycles. The zero-order valence-electron chi connectivity index (χ0n) is 10.1. The topological polar surface area (TPSA) is 49.3 Å². The van der Waals surface area contributed by atoms with E-state index in [-0.39, 0.29) is 0 Å². The number of carboxylic acid groups (broad SMARTS) is 1. The zero-order chi connectivity index (χ0) is 13.8. The van der Waals surface area contributed by atoms with Gasteiger partial charge in [-0.1, -0.05) is 17.7 Å². The molecule has 0 fully saturated rings. The minimum atomic E-state index is -0.920. The molecule has 6 heteroatoms. The summed E-state index contributed by atoms with van der Waals surface area (Å²) in [4.78, 5) is 13.2. The number of carboxylic acids is 1. The molecule has 2 N–H and O–H groups in total. The second-order valence-electron chi connectivity index (χ2n) is 3.75. The predicted molar refractivity (Wildman–Crippen MR) is 81.8 cm³/mol. The van der Waals surface area contributed by atoms with E-state index in [1.165, 1.54) is 23.1 Å². The first-order chi connectivity index (χ1) is 9.11. The normalized spacial score (nSPS) is 10.4. The van der Waals surface area contributed by atoms with Crippen molar-refractivity contribution >= 4 is 46.4 Å². The summed E-state index contributed by atoms with van der Waals surface area (Å²) < 4.78 is 0.730. The van der Waals surface area contributed by atoms with Crippen LogP contribution in [0.1, 0.15) is 15.2 Å². The van der Waals surface area contributed by atoms with E-state index in [2.05, 4.69) is 5.32 Å². The molecule has 0 bridgehead atoms. The molecule has 0 radical (unpaired) electrons. The van der Waals surface area contributed by atoms with Gasteiger partial charge in [-0.25, -0.2) is 4.79 Å². The summed E-state index contributed by atoms with van der Waals surface area (Å²) in [7, 11) is 0. The van der Waals surface area contributed by atoms with Gasteiger partial charge >= 0.3 is 5.97 Å². The Balaban J connectivity index is 2.22. The summed E-state index contributed by atoms with van der Waals surface area (Å²) in [6.45, 7) is 0.565. The van der Waals surface area contributed by atoms with Crippen molar-refractivity contribution in [1.82, 2.24) is 0 Å². The second-order valence-corrected chi connectivity index (χ2v) is 6.40. The van der Waals surface area contributed by atoms with Crippen LogP contribution in [0.4, 0.5) is 5.69 Å². The number of halogens is 1. The Morgan fingerprint density at radius 2 is 2.21 bits per heavy atom. The Hall–Kier alpha value is -1.17. The molecule has 1 aromatic carbocycles. The molecule has 2 aromatic rings. The average Bonchev–Trinajstić information content (AvgIpc) is 2.81. The maximum atomic E-state index is 11.3. The van der Waals surface area contributed by atoms with Crippen LogP contribution in [-0.4, -0.2) is 17.3 Å². The van der Waals surface area contributed by atoms with Crippen molar-refractivity contribution in [2.24, 2.45) is 0 Å². The number of hydrogen-bond acceptors (Lipinski definition) is 4. The van der Waals surface area contributed by atoms with Crippen molar-refractivity contribution in [3.05, 3.63) is 45.1 Å². The molecule has 0 saturated heterocycles. The van der Waals surface area contributed by atoms with Gasteiger partial charge in [-0.15, -0.1) is 23.1 Å². The van der Waals surface area contributed by atoms with Crippen molar-refractivity contribution in [1.29, 1.82) is 0 Å². The zero-order valence-corrected chi connectivity index (χ0v) is 12.5. The van der Waals surface area contributed by atoms with E-state index in [1.54, 1.807) is 12.1 Å². The van der Waals surface area contributed by atoms with Gasteiger partial charge in [0.1, 0.15) is 0 Å². The molecule has 19 heavy (non-hydrogen) atoms. The van der Waals surface area contributed by atoms with Gasteiger partial charge in [0, 0.05) is 16.3 Å². The van der Waals surface area contributed by atoms with Crippen LogP contribution in [0.5, 0.6) is 0 Å². The molecule has 0 aliphatic rings. The van der Waals surface area contributed by atoms with Crippen LogP contribution < -0.4 is 5.32 Å². The smallest absolute Gasteiger partial charge is 0.338 e. The quantitative estimate of drug-likeness (QED) is 0.802. The number of aromatic carboxylic acids is 1. The lowest BCUT2D eigenvalue weighted by molar-refractivity contribution is 0.0694. The maximum Gasteiger partial charge on any atom is 0.338 e. The highest BCUT2D eigenvalue weighted by molar-refractivity contribution is 7.98. The first-order valence-corrected chi connectivity index (χ1v) is 7.92. The average molecular weight is 314 g/mol. The molecule has 100 valence electrons. The molecule has 2 rings (SSSR count). The molecule has 1 heterocycles. The second kappa shape index (κ2) is 6.32. The summed E-state index contributed by atoms with van der Waals surface area (Å²) in [5.41, 5.74) is 0.946. The minimum absolute atomic E-state index is 0.317. The third-order valence-corrected chi connectivity index (χ3v) is 4.55. The van der Waals surface area contributed by atoms with E-state index < -0.39 is 5.97 Å². The Labute approximate surface area is 124 Å². The molecule has 0 spiro atoms. The molecule has 3 nitrogen and oxygen atoms in total. The fourth-order valence-electron chi connectivity index (χ4n) is 1.70. The van der Waals surface area contributed by atoms with E-state index in [4.69, 9.17) is 11.6 Å². The number of thioether (sulfide) groups is 1. The monoisotopic (exact) mass is 313 g/mol. The van der Waals surface area contributed by atoms with Gasteiger partial charge in [-0.05, 0) is 30.5 Å². The summed E-state index contributed by atoms with van der Waals surface area (Å²) in [5, 5.41) is 12.5. The molecule has 0 aliphatic carbocycles. The number of hydrogen-bond donors (Lipinski definition) is 2. The van der Waals surface area contributed by atoms with E-state index >= 15 is 0 Å². The summed E-state index contributed by atoms with van der Waals surface area (Å²) >= 11 is 8.77. The number of benzene rings is 1. The molecular formula is C13H12ClNO2S2. The first-order valence-electron chi connectivity index (χ1n) is 5.50. The van der Waals surface area contributed by atoms with Gasteiger partial charge in [-0.2, -0.15) is 0 Å². The van der Waals surface area contributed by atoms with Crippen molar-refractivity contribution in [2.45, 2.75) is 11.4 Å². The lowest BCUT2D eigenvalue weighted by atomic mass is 10.1. The Morgan fingerprint density at radius 1 is 1.42 bits per heavy atom. The van der Waals surface area contributed by atoms with Gasteiger partial charge in [0.25, 0.3) is 0 Å². The lowest BCUT2D eigenvalue weighted by Crippen LogP contribution is -2.07. The van der Waals surface area contributed by atoms with Crippen LogP contribution in [-0.2, 0) is 6.54 Å². The van der Waals surface area contributed by atoms with Crippen LogP contribution >= 0.6 is 34.7 Å². The van der Waals surface area contributed by atoms with E-state index in [1.807, 2.05) is 24.5 Å². The van der Waals surface area contributed by atoms with Crippen LogP contribution in [0.25, 0.3) is 0 Å². The van der Waals surface area contributed by atoms with E-state index in [0.717, 1.165) is 14.1 Å². The van der Waals surface area contributed by atoms with E-state index in [0.29, 0.717) is 17.8 Å². The summed E-state index contributed by atoms with van der Waals surface area (Å²) in [6.07, 6.45) is 1.87. The van der Waals surface area contributed by atoms with Crippen LogP contribution in [0.2, 0.25) is 4.34 Å². The molecule has 0 amide bonds. The summed E-state index contributed by atoms with van der Waals surface area (Å²) in [5.74, 6) is -0.920.